The summed E-state index contributed by atoms with van der Waals surface area (Å²) >= 11 is 12.7. The van der Waals surface area contributed by atoms with E-state index in [2.05, 4.69) is 42.5 Å². The molecule has 2 aromatic carbocycles. The molecular formula is C14H11Br2ClN2O. The first-order valence-electron chi connectivity index (χ1n) is 5.79. The lowest BCUT2D eigenvalue weighted by molar-refractivity contribution is -0.114. The zero-order chi connectivity index (χ0) is 14.5. The van der Waals surface area contributed by atoms with Crippen molar-refractivity contribution in [2.24, 2.45) is 0 Å². The molecule has 1 amide bonds. The van der Waals surface area contributed by atoms with Gasteiger partial charge in [0.1, 0.15) is 0 Å². The molecule has 0 aliphatic heterocycles. The van der Waals surface area contributed by atoms with Crippen LogP contribution in [0.4, 0.5) is 11.4 Å². The maximum absolute atomic E-state index is 11.9. The number of benzene rings is 2. The Labute approximate surface area is 139 Å². The number of hydrogen-bond acceptors (Lipinski definition) is 2. The number of para-hydroxylation sites is 1. The van der Waals surface area contributed by atoms with Crippen molar-refractivity contribution >= 4 is 60.7 Å². The van der Waals surface area contributed by atoms with Crippen molar-refractivity contribution in [3.05, 3.63) is 56.4 Å². The topological polar surface area (TPSA) is 41.1 Å². The van der Waals surface area contributed by atoms with Crippen LogP contribution in [-0.4, -0.2) is 12.5 Å². The van der Waals surface area contributed by atoms with Gasteiger partial charge in [0.15, 0.2) is 0 Å². The fourth-order valence-corrected chi connectivity index (χ4v) is 3.08. The van der Waals surface area contributed by atoms with Gasteiger partial charge in [-0.2, -0.15) is 0 Å². The molecule has 0 spiro atoms. The van der Waals surface area contributed by atoms with Crippen LogP contribution in [0.3, 0.4) is 0 Å². The van der Waals surface area contributed by atoms with Crippen LogP contribution in [0.5, 0.6) is 0 Å². The van der Waals surface area contributed by atoms with Crippen molar-refractivity contribution in [2.75, 3.05) is 17.2 Å². The predicted molar refractivity (Wildman–Crippen MR) is 90.4 cm³/mol. The molecule has 0 saturated heterocycles. The van der Waals surface area contributed by atoms with Crippen molar-refractivity contribution in [1.82, 2.24) is 0 Å². The highest BCUT2D eigenvalue weighted by molar-refractivity contribution is 9.11. The highest BCUT2D eigenvalue weighted by Gasteiger charge is 2.07. The van der Waals surface area contributed by atoms with Crippen LogP contribution < -0.4 is 10.6 Å². The first-order chi connectivity index (χ1) is 9.56. The largest absolute Gasteiger partial charge is 0.374 e. The molecule has 0 radical (unpaired) electrons. The lowest BCUT2D eigenvalue weighted by Gasteiger charge is -2.11. The second-order valence-corrected chi connectivity index (χ2v) is 6.15. The molecule has 2 aromatic rings. The van der Waals surface area contributed by atoms with E-state index in [1.807, 2.05) is 18.2 Å². The number of rotatable bonds is 4. The number of halogens is 3. The fraction of sp³-hybridized carbons (Fsp3) is 0.0714. The zero-order valence-electron chi connectivity index (χ0n) is 10.3. The number of anilines is 2. The normalized spacial score (nSPS) is 10.2. The van der Waals surface area contributed by atoms with Crippen molar-refractivity contribution in [3.63, 3.8) is 0 Å². The standard InChI is InChI=1S/C14H11Br2ClN2O/c15-11-5-2-6-12(16)14(11)18-8-13(20)19-10-4-1-3-9(17)7-10/h1-7,18H,8H2,(H,19,20). The number of amides is 1. The second-order valence-electron chi connectivity index (χ2n) is 4.01. The van der Waals surface area contributed by atoms with Gasteiger partial charge in [0.05, 0.1) is 12.2 Å². The van der Waals surface area contributed by atoms with Crippen molar-refractivity contribution in [2.45, 2.75) is 0 Å². The molecule has 2 rings (SSSR count). The Balaban J connectivity index is 1.96. The third-order valence-electron chi connectivity index (χ3n) is 2.50. The van der Waals surface area contributed by atoms with E-state index in [0.29, 0.717) is 10.7 Å². The maximum Gasteiger partial charge on any atom is 0.243 e. The van der Waals surface area contributed by atoms with Gasteiger partial charge in [-0.25, -0.2) is 0 Å². The van der Waals surface area contributed by atoms with Gasteiger partial charge >= 0.3 is 0 Å². The first-order valence-corrected chi connectivity index (χ1v) is 7.76. The highest BCUT2D eigenvalue weighted by atomic mass is 79.9. The molecule has 0 atom stereocenters. The van der Waals surface area contributed by atoms with Gasteiger partial charge in [-0.05, 0) is 62.2 Å². The highest BCUT2D eigenvalue weighted by Crippen LogP contribution is 2.30. The Bertz CT molecular complexity index is 614. The first kappa shape index (κ1) is 15.4. The van der Waals surface area contributed by atoms with Crippen molar-refractivity contribution < 1.29 is 4.79 Å². The van der Waals surface area contributed by atoms with Crippen LogP contribution in [0.2, 0.25) is 5.02 Å². The van der Waals surface area contributed by atoms with Gasteiger partial charge in [-0.3, -0.25) is 4.79 Å². The predicted octanol–water partition coefficient (Wildman–Crippen LogP) is 4.92. The van der Waals surface area contributed by atoms with Gasteiger partial charge in [-0.15, -0.1) is 0 Å². The number of carbonyl (C=O) groups excluding carboxylic acids is 1. The van der Waals surface area contributed by atoms with Crippen LogP contribution >= 0.6 is 43.5 Å². The summed E-state index contributed by atoms with van der Waals surface area (Å²) < 4.78 is 1.78. The number of carbonyl (C=O) groups is 1. The monoisotopic (exact) mass is 416 g/mol. The number of hydrogen-bond donors (Lipinski definition) is 2. The Kier molecular flexibility index (Phi) is 5.46. The minimum Gasteiger partial charge on any atom is -0.374 e. The third-order valence-corrected chi connectivity index (χ3v) is 4.05. The summed E-state index contributed by atoms with van der Waals surface area (Å²) in [6.07, 6.45) is 0. The van der Waals surface area contributed by atoms with Crippen LogP contribution in [0.15, 0.2) is 51.4 Å². The summed E-state index contributed by atoms with van der Waals surface area (Å²) in [7, 11) is 0. The SMILES string of the molecule is O=C(CNc1c(Br)cccc1Br)Nc1cccc(Cl)c1. The third kappa shape index (κ3) is 4.23. The quantitative estimate of drug-likeness (QED) is 0.740. The molecule has 0 heterocycles. The molecule has 0 aliphatic carbocycles. The Morgan fingerprint density at radius 2 is 1.75 bits per heavy atom. The summed E-state index contributed by atoms with van der Waals surface area (Å²) in [6, 6.07) is 12.8. The average molecular weight is 419 g/mol. The van der Waals surface area contributed by atoms with E-state index in [4.69, 9.17) is 11.6 Å². The molecule has 104 valence electrons. The van der Waals surface area contributed by atoms with E-state index in [0.717, 1.165) is 14.6 Å². The van der Waals surface area contributed by atoms with Gasteiger partial charge in [0, 0.05) is 19.7 Å². The van der Waals surface area contributed by atoms with Gasteiger partial charge in [0.2, 0.25) is 5.91 Å². The van der Waals surface area contributed by atoms with E-state index in [9.17, 15) is 4.79 Å². The number of nitrogens with one attached hydrogen (secondary N) is 2. The van der Waals surface area contributed by atoms with Gasteiger partial charge < -0.3 is 10.6 Å². The van der Waals surface area contributed by atoms with Gasteiger partial charge in [0.25, 0.3) is 0 Å². The molecule has 0 bridgehead atoms. The summed E-state index contributed by atoms with van der Waals surface area (Å²) in [5.41, 5.74) is 1.52. The molecule has 0 unspecified atom stereocenters. The minimum absolute atomic E-state index is 0.144. The van der Waals surface area contributed by atoms with E-state index in [1.54, 1.807) is 24.3 Å². The molecule has 6 heteroatoms. The smallest absolute Gasteiger partial charge is 0.243 e. The summed E-state index contributed by atoms with van der Waals surface area (Å²) in [5, 5.41) is 6.44. The summed E-state index contributed by atoms with van der Waals surface area (Å²) in [4.78, 5) is 11.9. The van der Waals surface area contributed by atoms with Crippen LogP contribution in [0.1, 0.15) is 0 Å². The Hall–Kier alpha value is -1.04. The zero-order valence-corrected chi connectivity index (χ0v) is 14.2. The average Bonchev–Trinajstić information content (AvgIpc) is 2.38. The lowest BCUT2D eigenvalue weighted by Crippen LogP contribution is -2.22. The van der Waals surface area contributed by atoms with E-state index in [-0.39, 0.29) is 12.5 Å². The van der Waals surface area contributed by atoms with Crippen molar-refractivity contribution in [1.29, 1.82) is 0 Å². The molecule has 0 aromatic heterocycles. The lowest BCUT2D eigenvalue weighted by atomic mass is 10.3. The van der Waals surface area contributed by atoms with Crippen LogP contribution in [-0.2, 0) is 4.79 Å². The molecule has 0 saturated carbocycles. The molecule has 20 heavy (non-hydrogen) atoms. The van der Waals surface area contributed by atoms with Gasteiger partial charge in [-0.1, -0.05) is 23.7 Å². The molecular weight excluding hydrogens is 407 g/mol. The minimum atomic E-state index is -0.144. The van der Waals surface area contributed by atoms with E-state index < -0.39 is 0 Å². The Morgan fingerprint density at radius 1 is 1.10 bits per heavy atom. The van der Waals surface area contributed by atoms with E-state index in [1.165, 1.54) is 0 Å². The van der Waals surface area contributed by atoms with Crippen LogP contribution in [0, 0.1) is 0 Å². The molecule has 2 N–H and O–H groups in total. The summed E-state index contributed by atoms with van der Waals surface area (Å²) in [5.74, 6) is -0.144. The van der Waals surface area contributed by atoms with Crippen molar-refractivity contribution in [3.8, 4) is 0 Å². The van der Waals surface area contributed by atoms with Crippen LogP contribution in [0.25, 0.3) is 0 Å². The molecule has 0 fully saturated rings. The second kappa shape index (κ2) is 7.11. The molecule has 0 aliphatic rings. The maximum atomic E-state index is 11.9. The van der Waals surface area contributed by atoms with E-state index >= 15 is 0 Å². The summed E-state index contributed by atoms with van der Waals surface area (Å²) in [6.45, 7) is 0.160. The molecule has 3 nitrogen and oxygen atoms in total. The Morgan fingerprint density at radius 3 is 2.40 bits per heavy atom. The fourth-order valence-electron chi connectivity index (χ4n) is 1.61.